The van der Waals surface area contributed by atoms with E-state index in [4.69, 9.17) is 9.47 Å². The van der Waals surface area contributed by atoms with Crippen LogP contribution in [0.5, 0.6) is 0 Å². The molecule has 2 N–H and O–H groups in total. The summed E-state index contributed by atoms with van der Waals surface area (Å²) in [4.78, 5) is 24.6. The minimum Gasteiger partial charge on any atom is -0.481 e. The summed E-state index contributed by atoms with van der Waals surface area (Å²) in [6.07, 6.45) is 6.37. The van der Waals surface area contributed by atoms with E-state index in [-0.39, 0.29) is 18.1 Å². The molecule has 0 heterocycles. The third-order valence-electron chi connectivity index (χ3n) is 7.07. The SMILES string of the molecule is CCC1C[C@H](OC)CC[C@@]1(/C=C/c1ccc2ccc([C@@H](C)NC(=O)OC(C)(C)C)cc2c1)C(=O)O. The van der Waals surface area contributed by atoms with Crippen molar-refractivity contribution in [2.45, 2.75) is 78.0 Å². The number of amides is 1. The molecule has 1 amide bonds. The van der Waals surface area contributed by atoms with E-state index in [1.807, 2.05) is 64.1 Å². The molecule has 0 spiro atoms. The Labute approximate surface area is 208 Å². The number of aliphatic carboxylic acids is 1. The Bertz CT molecular complexity index is 1090. The molecule has 2 aromatic rings. The molecule has 1 saturated carbocycles. The van der Waals surface area contributed by atoms with Crippen molar-refractivity contribution in [3.8, 4) is 0 Å². The van der Waals surface area contributed by atoms with E-state index in [0.717, 1.165) is 41.2 Å². The van der Waals surface area contributed by atoms with Crippen LogP contribution >= 0.6 is 0 Å². The average molecular weight is 482 g/mol. The highest BCUT2D eigenvalue weighted by molar-refractivity contribution is 5.86. The fourth-order valence-electron chi connectivity index (χ4n) is 5.04. The van der Waals surface area contributed by atoms with Gasteiger partial charge in [0.2, 0.25) is 0 Å². The highest BCUT2D eigenvalue weighted by Gasteiger charge is 2.46. The molecule has 1 unspecified atom stereocenters. The largest absolute Gasteiger partial charge is 0.481 e. The lowest BCUT2D eigenvalue weighted by atomic mass is 9.64. The van der Waals surface area contributed by atoms with Crippen LogP contribution in [0.25, 0.3) is 16.8 Å². The van der Waals surface area contributed by atoms with Gasteiger partial charge in [0.05, 0.1) is 17.6 Å². The van der Waals surface area contributed by atoms with Gasteiger partial charge in [-0.15, -0.1) is 0 Å². The monoisotopic (exact) mass is 481 g/mol. The van der Waals surface area contributed by atoms with Crippen molar-refractivity contribution >= 4 is 28.9 Å². The Hall–Kier alpha value is -2.86. The highest BCUT2D eigenvalue weighted by atomic mass is 16.6. The molecule has 6 heteroatoms. The summed E-state index contributed by atoms with van der Waals surface area (Å²) < 4.78 is 10.9. The van der Waals surface area contributed by atoms with Crippen LogP contribution in [0.15, 0.2) is 42.5 Å². The van der Waals surface area contributed by atoms with Gasteiger partial charge in [0, 0.05) is 7.11 Å². The summed E-state index contributed by atoms with van der Waals surface area (Å²) in [7, 11) is 1.70. The molecule has 35 heavy (non-hydrogen) atoms. The molecule has 0 aromatic heterocycles. The maximum absolute atomic E-state index is 12.4. The molecule has 3 rings (SSSR count). The van der Waals surface area contributed by atoms with Gasteiger partial charge < -0.3 is 19.9 Å². The van der Waals surface area contributed by atoms with E-state index in [9.17, 15) is 14.7 Å². The van der Waals surface area contributed by atoms with Crippen molar-refractivity contribution in [3.63, 3.8) is 0 Å². The van der Waals surface area contributed by atoms with E-state index < -0.39 is 23.1 Å². The van der Waals surface area contributed by atoms with Crippen LogP contribution in [0.4, 0.5) is 4.79 Å². The van der Waals surface area contributed by atoms with E-state index in [0.29, 0.717) is 6.42 Å². The van der Waals surface area contributed by atoms with Gasteiger partial charge in [-0.3, -0.25) is 4.79 Å². The molecule has 0 saturated heterocycles. The molecule has 0 aliphatic heterocycles. The lowest BCUT2D eigenvalue weighted by Crippen LogP contribution is -2.43. The van der Waals surface area contributed by atoms with Crippen LogP contribution in [-0.4, -0.2) is 36.0 Å². The number of fused-ring (bicyclic) bond motifs is 1. The van der Waals surface area contributed by atoms with Crippen LogP contribution < -0.4 is 5.32 Å². The summed E-state index contributed by atoms with van der Waals surface area (Å²) in [5, 5.41) is 15.2. The molecule has 1 aliphatic carbocycles. The highest BCUT2D eigenvalue weighted by Crippen LogP contribution is 2.45. The van der Waals surface area contributed by atoms with Crippen LogP contribution in [0.2, 0.25) is 0 Å². The first-order valence-corrected chi connectivity index (χ1v) is 12.5. The number of ether oxygens (including phenoxy) is 2. The van der Waals surface area contributed by atoms with Crippen molar-refractivity contribution in [2.24, 2.45) is 11.3 Å². The number of carboxylic acids is 1. The van der Waals surface area contributed by atoms with E-state index in [2.05, 4.69) is 24.4 Å². The maximum Gasteiger partial charge on any atom is 0.408 e. The minimum absolute atomic E-state index is 0.0294. The van der Waals surface area contributed by atoms with Crippen molar-refractivity contribution < 1.29 is 24.2 Å². The first-order chi connectivity index (χ1) is 16.5. The molecule has 1 aliphatic rings. The lowest BCUT2D eigenvalue weighted by molar-refractivity contribution is -0.153. The van der Waals surface area contributed by atoms with Crippen molar-refractivity contribution in [1.82, 2.24) is 5.32 Å². The number of hydrogen-bond acceptors (Lipinski definition) is 4. The van der Waals surface area contributed by atoms with E-state index in [1.54, 1.807) is 7.11 Å². The van der Waals surface area contributed by atoms with Gasteiger partial charge in [0.1, 0.15) is 5.60 Å². The fourth-order valence-corrected chi connectivity index (χ4v) is 5.04. The van der Waals surface area contributed by atoms with Crippen LogP contribution in [0, 0.1) is 11.3 Å². The standard InChI is InChI=1S/C29H39NO5/c1-7-24-18-25(34-6)13-15-29(24,26(31)32)14-12-20-8-9-21-10-11-22(17-23(21)16-20)19(2)30-27(33)35-28(3,4)5/h8-12,14,16-17,19,24-25H,7,13,15,18H2,1-6H3,(H,30,33)(H,31,32)/b14-12+/t19-,24?,25-,29-/m1/s1. The summed E-state index contributed by atoms with van der Waals surface area (Å²) in [6.45, 7) is 9.49. The van der Waals surface area contributed by atoms with E-state index in [1.165, 1.54) is 0 Å². The molecule has 0 bridgehead atoms. The third-order valence-corrected chi connectivity index (χ3v) is 7.07. The predicted molar refractivity (Wildman–Crippen MR) is 139 cm³/mol. The number of nitrogens with one attached hydrogen (secondary N) is 1. The second kappa shape index (κ2) is 10.8. The molecule has 0 radical (unpaired) electrons. The molecule has 2 aromatic carbocycles. The molecule has 4 atom stereocenters. The van der Waals surface area contributed by atoms with Crippen LogP contribution in [0.1, 0.15) is 77.5 Å². The molecule has 1 fully saturated rings. The fraction of sp³-hybridized carbons (Fsp3) is 0.517. The zero-order chi connectivity index (χ0) is 25.8. The topological polar surface area (TPSA) is 84.9 Å². The Morgan fingerprint density at radius 2 is 1.91 bits per heavy atom. The summed E-state index contributed by atoms with van der Waals surface area (Å²) in [6, 6.07) is 12.0. The first kappa shape index (κ1) is 26.7. The number of carbonyl (C=O) groups excluding carboxylic acids is 1. The van der Waals surface area contributed by atoms with Gasteiger partial charge in [-0.1, -0.05) is 49.8 Å². The number of carboxylic acid groups (broad SMARTS) is 1. The molecular weight excluding hydrogens is 442 g/mol. The number of carbonyl (C=O) groups is 2. The summed E-state index contributed by atoms with van der Waals surface area (Å²) >= 11 is 0. The molecule has 6 nitrogen and oxygen atoms in total. The number of hydrogen-bond donors (Lipinski definition) is 2. The van der Waals surface area contributed by atoms with Gasteiger partial charge in [0.15, 0.2) is 0 Å². The van der Waals surface area contributed by atoms with Crippen LogP contribution in [-0.2, 0) is 14.3 Å². The van der Waals surface area contributed by atoms with Gasteiger partial charge in [0.25, 0.3) is 0 Å². The Kier molecular flexibility index (Phi) is 8.26. The number of alkyl carbamates (subject to hydrolysis) is 1. The first-order valence-electron chi connectivity index (χ1n) is 12.5. The number of rotatable bonds is 7. The maximum atomic E-state index is 12.4. The van der Waals surface area contributed by atoms with Gasteiger partial charge in [-0.25, -0.2) is 4.79 Å². The predicted octanol–water partition coefficient (Wildman–Crippen LogP) is 6.73. The van der Waals surface area contributed by atoms with Crippen molar-refractivity contribution in [2.75, 3.05) is 7.11 Å². The minimum atomic E-state index is -0.883. The Morgan fingerprint density at radius 1 is 1.20 bits per heavy atom. The zero-order valence-corrected chi connectivity index (χ0v) is 21.8. The van der Waals surface area contributed by atoms with Gasteiger partial charge in [-0.2, -0.15) is 0 Å². The summed E-state index contributed by atoms with van der Waals surface area (Å²) in [5.74, 6) is -0.734. The lowest BCUT2D eigenvalue weighted by Gasteiger charge is -2.41. The quantitative estimate of drug-likeness (QED) is 0.458. The zero-order valence-electron chi connectivity index (χ0n) is 21.8. The second-order valence-corrected chi connectivity index (χ2v) is 10.7. The smallest absolute Gasteiger partial charge is 0.408 e. The average Bonchev–Trinajstić information content (AvgIpc) is 2.80. The number of methoxy groups -OCH3 is 1. The molecular formula is C29H39NO5. The Balaban J connectivity index is 1.84. The molecule has 190 valence electrons. The van der Waals surface area contributed by atoms with Gasteiger partial charge >= 0.3 is 12.1 Å². The second-order valence-electron chi connectivity index (χ2n) is 10.7. The normalized spacial score (nSPS) is 23.8. The van der Waals surface area contributed by atoms with E-state index >= 15 is 0 Å². The third kappa shape index (κ3) is 6.43. The Morgan fingerprint density at radius 3 is 2.54 bits per heavy atom. The van der Waals surface area contributed by atoms with Crippen LogP contribution in [0.3, 0.4) is 0 Å². The number of benzene rings is 2. The van der Waals surface area contributed by atoms with Gasteiger partial charge in [-0.05, 0) is 86.9 Å². The van der Waals surface area contributed by atoms with Crippen molar-refractivity contribution in [3.05, 3.63) is 53.6 Å². The van der Waals surface area contributed by atoms with Crippen molar-refractivity contribution in [1.29, 1.82) is 0 Å². The summed E-state index contributed by atoms with van der Waals surface area (Å²) in [5.41, 5.74) is 0.482.